The third kappa shape index (κ3) is 2.91. The van der Waals surface area contributed by atoms with E-state index in [9.17, 15) is 0 Å². The summed E-state index contributed by atoms with van der Waals surface area (Å²) in [6.45, 7) is 3.79. The fourth-order valence-electron chi connectivity index (χ4n) is 1.34. The van der Waals surface area contributed by atoms with Crippen LogP contribution in [0.2, 0.25) is 0 Å². The second-order valence-corrected chi connectivity index (χ2v) is 3.08. The highest BCUT2D eigenvalue weighted by atomic mass is 14.2. The largest absolute Gasteiger partial charge is 0.192 e. The number of nitriles is 1. The lowest BCUT2D eigenvalue weighted by atomic mass is 10.0. The molecule has 0 bridgehead atoms. The Morgan fingerprint density at radius 2 is 2.00 bits per heavy atom. The van der Waals surface area contributed by atoms with Crippen molar-refractivity contribution in [1.29, 1.82) is 5.26 Å². The fraction of sp³-hybridized carbons (Fsp3) is 0.333. The van der Waals surface area contributed by atoms with E-state index in [-0.39, 0.29) is 0 Å². The van der Waals surface area contributed by atoms with Crippen LogP contribution in [0, 0.1) is 18.3 Å². The number of benzene rings is 1. The molecule has 0 atom stereocenters. The summed E-state index contributed by atoms with van der Waals surface area (Å²) in [6, 6.07) is 10.0. The van der Waals surface area contributed by atoms with Gasteiger partial charge >= 0.3 is 0 Å². The van der Waals surface area contributed by atoms with Crippen molar-refractivity contribution in [3.8, 4) is 6.07 Å². The summed E-state index contributed by atoms with van der Waals surface area (Å²) in [4.78, 5) is 0. The van der Waals surface area contributed by atoms with Crippen molar-refractivity contribution in [1.82, 2.24) is 0 Å². The lowest BCUT2D eigenvalue weighted by Crippen LogP contribution is -1.89. The topological polar surface area (TPSA) is 23.8 Å². The molecular formula is C12H14N. The first-order valence-electron chi connectivity index (χ1n) is 4.65. The van der Waals surface area contributed by atoms with Crippen LogP contribution in [0.25, 0.3) is 0 Å². The van der Waals surface area contributed by atoms with Crippen LogP contribution in [-0.4, -0.2) is 0 Å². The molecule has 0 saturated heterocycles. The van der Waals surface area contributed by atoms with Gasteiger partial charge in [0.25, 0.3) is 0 Å². The highest BCUT2D eigenvalue weighted by molar-refractivity contribution is 5.37. The zero-order valence-corrected chi connectivity index (χ0v) is 7.79. The Hall–Kier alpha value is -1.29. The molecule has 1 rings (SSSR count). The summed E-state index contributed by atoms with van der Waals surface area (Å²) in [5, 5.41) is 8.81. The maximum absolute atomic E-state index is 8.81. The van der Waals surface area contributed by atoms with Crippen LogP contribution in [-0.2, 0) is 6.42 Å². The van der Waals surface area contributed by atoms with Gasteiger partial charge < -0.3 is 0 Å². The Kier molecular flexibility index (Phi) is 4.05. The summed E-state index contributed by atoms with van der Waals surface area (Å²) < 4.78 is 0. The Bertz CT molecular complexity index is 296. The normalized spacial score (nSPS) is 9.54. The van der Waals surface area contributed by atoms with E-state index in [1.54, 1.807) is 0 Å². The van der Waals surface area contributed by atoms with E-state index in [0.717, 1.165) is 31.2 Å². The molecule has 1 nitrogen and oxygen atoms in total. The van der Waals surface area contributed by atoms with Crippen LogP contribution in [0.1, 0.15) is 30.4 Å². The van der Waals surface area contributed by atoms with Crippen LogP contribution >= 0.6 is 0 Å². The summed E-state index contributed by atoms with van der Waals surface area (Å²) in [5.74, 6) is 0. The average Bonchev–Trinajstić information content (AvgIpc) is 2.19. The molecule has 0 heterocycles. The molecule has 0 amide bonds. The fourth-order valence-corrected chi connectivity index (χ4v) is 1.34. The number of hydrogen-bond donors (Lipinski definition) is 0. The van der Waals surface area contributed by atoms with Crippen molar-refractivity contribution in [3.63, 3.8) is 0 Å². The number of aryl methyl sites for hydroxylation is 1. The summed E-state index contributed by atoms with van der Waals surface area (Å²) in [6.07, 6.45) is 4.25. The average molecular weight is 172 g/mol. The van der Waals surface area contributed by atoms with Gasteiger partial charge in [-0.05, 0) is 24.5 Å². The van der Waals surface area contributed by atoms with Crippen molar-refractivity contribution in [2.45, 2.75) is 25.7 Å². The molecular weight excluding hydrogens is 158 g/mol. The molecule has 0 aliphatic rings. The lowest BCUT2D eigenvalue weighted by molar-refractivity contribution is 0.745. The second kappa shape index (κ2) is 5.37. The summed E-state index contributed by atoms with van der Waals surface area (Å²) in [5.41, 5.74) is 1.98. The molecule has 13 heavy (non-hydrogen) atoms. The first-order chi connectivity index (χ1) is 6.38. The Balaban J connectivity index is 2.60. The van der Waals surface area contributed by atoms with Gasteiger partial charge in [0.15, 0.2) is 0 Å². The smallest absolute Gasteiger partial charge is 0.0994 e. The minimum absolute atomic E-state index is 0.812. The monoisotopic (exact) mass is 172 g/mol. The van der Waals surface area contributed by atoms with Gasteiger partial charge in [0.05, 0.1) is 11.6 Å². The zero-order valence-electron chi connectivity index (χ0n) is 7.79. The Morgan fingerprint density at radius 3 is 2.69 bits per heavy atom. The number of unbranched alkanes of at least 4 members (excludes halogenated alkanes) is 2. The molecule has 0 N–H and O–H groups in total. The minimum Gasteiger partial charge on any atom is -0.192 e. The molecule has 0 fully saturated rings. The maximum atomic E-state index is 8.81. The van der Waals surface area contributed by atoms with E-state index in [0.29, 0.717) is 0 Å². The van der Waals surface area contributed by atoms with Crippen LogP contribution in [0.15, 0.2) is 24.3 Å². The van der Waals surface area contributed by atoms with Crippen LogP contribution in [0.5, 0.6) is 0 Å². The molecule has 67 valence electrons. The van der Waals surface area contributed by atoms with Gasteiger partial charge in [-0.15, -0.1) is 0 Å². The number of rotatable bonds is 4. The van der Waals surface area contributed by atoms with Gasteiger partial charge in [0.2, 0.25) is 0 Å². The standard InChI is InChI=1S/C12H14N/c1-2-3-4-7-11-8-5-6-9-12(11)10-13/h5-6,8-9H,1-4,7H2. The molecule has 0 unspecified atom stereocenters. The summed E-state index contributed by atoms with van der Waals surface area (Å²) in [7, 11) is 0. The van der Waals surface area contributed by atoms with E-state index in [1.165, 1.54) is 5.56 Å². The van der Waals surface area contributed by atoms with Crippen molar-refractivity contribution in [3.05, 3.63) is 42.3 Å². The van der Waals surface area contributed by atoms with E-state index in [1.807, 2.05) is 24.3 Å². The van der Waals surface area contributed by atoms with E-state index in [4.69, 9.17) is 5.26 Å². The molecule has 1 heteroatoms. The number of hydrogen-bond acceptors (Lipinski definition) is 1. The van der Waals surface area contributed by atoms with Gasteiger partial charge in [0.1, 0.15) is 0 Å². The molecule has 0 aliphatic heterocycles. The molecule has 1 radical (unpaired) electrons. The lowest BCUT2D eigenvalue weighted by Gasteiger charge is -2.01. The van der Waals surface area contributed by atoms with Crippen molar-refractivity contribution in [2.24, 2.45) is 0 Å². The third-order valence-corrected chi connectivity index (χ3v) is 2.08. The second-order valence-electron chi connectivity index (χ2n) is 3.08. The van der Waals surface area contributed by atoms with E-state index in [2.05, 4.69) is 13.0 Å². The first-order valence-corrected chi connectivity index (χ1v) is 4.65. The molecule has 0 spiro atoms. The highest BCUT2D eigenvalue weighted by Crippen LogP contribution is 2.11. The van der Waals surface area contributed by atoms with E-state index >= 15 is 0 Å². The highest BCUT2D eigenvalue weighted by Gasteiger charge is 1.98. The SMILES string of the molecule is [CH2]CCCCc1ccccc1C#N. The zero-order chi connectivity index (χ0) is 9.52. The minimum atomic E-state index is 0.812. The first kappa shape index (κ1) is 9.80. The van der Waals surface area contributed by atoms with Gasteiger partial charge in [0, 0.05) is 0 Å². The molecule has 1 aromatic carbocycles. The van der Waals surface area contributed by atoms with Crippen molar-refractivity contribution >= 4 is 0 Å². The van der Waals surface area contributed by atoms with Crippen molar-refractivity contribution < 1.29 is 0 Å². The molecule has 1 aromatic rings. The molecule has 0 aliphatic carbocycles. The molecule has 0 saturated carbocycles. The quantitative estimate of drug-likeness (QED) is 0.640. The Labute approximate surface area is 80.0 Å². The van der Waals surface area contributed by atoms with Crippen LogP contribution < -0.4 is 0 Å². The summed E-state index contributed by atoms with van der Waals surface area (Å²) >= 11 is 0. The van der Waals surface area contributed by atoms with E-state index < -0.39 is 0 Å². The number of nitrogens with zero attached hydrogens (tertiary/aromatic N) is 1. The van der Waals surface area contributed by atoms with Gasteiger partial charge in [-0.3, -0.25) is 0 Å². The predicted octanol–water partition coefficient (Wildman–Crippen LogP) is 3.11. The van der Waals surface area contributed by atoms with Crippen molar-refractivity contribution in [2.75, 3.05) is 0 Å². The molecule has 0 aromatic heterocycles. The predicted molar refractivity (Wildman–Crippen MR) is 54.1 cm³/mol. The third-order valence-electron chi connectivity index (χ3n) is 2.08. The van der Waals surface area contributed by atoms with Crippen LogP contribution in [0.4, 0.5) is 0 Å². The maximum Gasteiger partial charge on any atom is 0.0994 e. The Morgan fingerprint density at radius 1 is 1.23 bits per heavy atom. The van der Waals surface area contributed by atoms with Crippen LogP contribution in [0.3, 0.4) is 0 Å². The van der Waals surface area contributed by atoms with Gasteiger partial charge in [-0.1, -0.05) is 38.0 Å². The van der Waals surface area contributed by atoms with Gasteiger partial charge in [-0.2, -0.15) is 5.26 Å². The van der Waals surface area contributed by atoms with Gasteiger partial charge in [-0.25, -0.2) is 0 Å².